The van der Waals surface area contributed by atoms with Crippen molar-refractivity contribution in [2.45, 2.75) is 38.6 Å². The molecule has 3 rings (SSSR count). The summed E-state index contributed by atoms with van der Waals surface area (Å²) in [7, 11) is 3.34. The van der Waals surface area contributed by atoms with Crippen LogP contribution < -0.4 is 24.6 Å². The van der Waals surface area contributed by atoms with Crippen molar-refractivity contribution < 1.29 is 24.1 Å². The lowest BCUT2D eigenvalue weighted by Gasteiger charge is -2.29. The Morgan fingerprint density at radius 3 is 2.48 bits per heavy atom. The first-order chi connectivity index (χ1) is 14.2. The van der Waals surface area contributed by atoms with Crippen LogP contribution in [0.1, 0.15) is 37.7 Å². The first-order valence-electron chi connectivity index (χ1n) is 11.0. The first-order valence-corrected chi connectivity index (χ1v) is 11.0. The van der Waals surface area contributed by atoms with Crippen LogP contribution in [0.15, 0.2) is 29.8 Å². The molecule has 1 saturated heterocycles. The second-order valence-corrected chi connectivity index (χ2v) is 8.25. The molecule has 1 aliphatic carbocycles. The van der Waals surface area contributed by atoms with Gasteiger partial charge in [0.2, 0.25) is 0 Å². The van der Waals surface area contributed by atoms with Crippen molar-refractivity contribution in [2.75, 3.05) is 53.5 Å². The number of quaternary nitrogens is 2. The largest absolute Gasteiger partial charge is 0.493 e. The van der Waals surface area contributed by atoms with Crippen LogP contribution in [0.25, 0.3) is 0 Å². The Bertz CT molecular complexity index is 697. The summed E-state index contributed by atoms with van der Waals surface area (Å²) in [5, 5.41) is 3.12. The lowest BCUT2D eigenvalue weighted by atomic mass is 9.97. The van der Waals surface area contributed by atoms with Gasteiger partial charge >= 0.3 is 0 Å². The maximum Gasteiger partial charge on any atom is 0.275 e. The first kappa shape index (κ1) is 21.7. The molecule has 0 atom stereocenters. The molecular formula is C23H37N3O3+2. The van der Waals surface area contributed by atoms with Gasteiger partial charge in [-0.05, 0) is 50.3 Å². The van der Waals surface area contributed by atoms with Crippen molar-refractivity contribution in [1.29, 1.82) is 0 Å². The lowest BCUT2D eigenvalue weighted by Crippen LogP contribution is -3.28. The summed E-state index contributed by atoms with van der Waals surface area (Å²) in [5.74, 6) is 1.75. The molecular weight excluding hydrogens is 366 g/mol. The number of nitrogens with one attached hydrogen (secondary N) is 3. The summed E-state index contributed by atoms with van der Waals surface area (Å²) >= 11 is 0. The third kappa shape index (κ3) is 6.75. The van der Waals surface area contributed by atoms with E-state index in [1.54, 1.807) is 19.1 Å². The number of ether oxygens (including phenoxy) is 2. The van der Waals surface area contributed by atoms with Crippen molar-refractivity contribution in [2.24, 2.45) is 0 Å². The van der Waals surface area contributed by atoms with E-state index in [0.29, 0.717) is 6.54 Å². The van der Waals surface area contributed by atoms with E-state index in [-0.39, 0.29) is 5.91 Å². The average molecular weight is 404 g/mol. The highest BCUT2D eigenvalue weighted by Crippen LogP contribution is 2.27. The predicted molar refractivity (Wildman–Crippen MR) is 114 cm³/mol. The molecule has 0 aromatic heterocycles. The molecule has 1 heterocycles. The fourth-order valence-electron chi connectivity index (χ4n) is 4.37. The Morgan fingerprint density at radius 1 is 1.03 bits per heavy atom. The second-order valence-electron chi connectivity index (χ2n) is 8.25. The van der Waals surface area contributed by atoms with Gasteiger partial charge in [0.1, 0.15) is 32.7 Å². The average Bonchev–Trinajstić information content (AvgIpc) is 2.76. The number of carbonyl (C=O) groups is 1. The topological polar surface area (TPSA) is 56.4 Å². The van der Waals surface area contributed by atoms with E-state index >= 15 is 0 Å². The normalized spacial score (nSPS) is 21.9. The van der Waals surface area contributed by atoms with Gasteiger partial charge in [-0.1, -0.05) is 11.6 Å². The second kappa shape index (κ2) is 11.2. The molecule has 1 aromatic carbocycles. The molecule has 0 saturated carbocycles. The zero-order valence-electron chi connectivity index (χ0n) is 18.0. The fraction of sp³-hybridized carbons (Fsp3) is 0.609. The maximum atomic E-state index is 12.3. The predicted octanol–water partition coefficient (Wildman–Crippen LogP) is -0.00610. The number of carbonyl (C=O) groups excluding carboxylic acids is 1. The van der Waals surface area contributed by atoms with E-state index < -0.39 is 0 Å². The molecule has 0 unspecified atom stereocenters. The van der Waals surface area contributed by atoms with Gasteiger partial charge in [-0.3, -0.25) is 4.79 Å². The van der Waals surface area contributed by atoms with Crippen molar-refractivity contribution in [3.63, 3.8) is 0 Å². The summed E-state index contributed by atoms with van der Waals surface area (Å²) < 4.78 is 10.7. The van der Waals surface area contributed by atoms with Crippen LogP contribution in [0.4, 0.5) is 0 Å². The summed E-state index contributed by atoms with van der Waals surface area (Å²) in [6, 6.07) is 6.16. The van der Waals surface area contributed by atoms with Crippen LogP contribution >= 0.6 is 0 Å². The monoisotopic (exact) mass is 403 g/mol. The zero-order valence-corrected chi connectivity index (χ0v) is 18.0. The highest BCUT2D eigenvalue weighted by molar-refractivity contribution is 5.76. The van der Waals surface area contributed by atoms with Gasteiger partial charge < -0.3 is 24.6 Å². The van der Waals surface area contributed by atoms with E-state index in [4.69, 9.17) is 9.47 Å². The molecule has 0 radical (unpaired) electrons. The Labute approximate surface area is 174 Å². The minimum atomic E-state index is 0.194. The van der Waals surface area contributed by atoms with E-state index in [9.17, 15) is 4.79 Å². The number of benzene rings is 1. The Kier molecular flexibility index (Phi) is 8.38. The number of rotatable bonds is 9. The highest BCUT2D eigenvalue weighted by Gasteiger charge is 2.25. The third-order valence-electron chi connectivity index (χ3n) is 6.13. The van der Waals surface area contributed by atoms with Crippen molar-refractivity contribution in [3.8, 4) is 11.5 Å². The minimum Gasteiger partial charge on any atom is -0.493 e. The highest BCUT2D eigenvalue weighted by atomic mass is 16.5. The number of hydrogen-bond acceptors (Lipinski definition) is 3. The number of allylic oxidation sites excluding steroid dienone is 1. The van der Waals surface area contributed by atoms with E-state index in [1.807, 2.05) is 6.07 Å². The van der Waals surface area contributed by atoms with Crippen LogP contribution in [0, 0.1) is 0 Å². The molecule has 0 spiro atoms. The molecule has 1 aliphatic heterocycles. The minimum absolute atomic E-state index is 0.194. The van der Waals surface area contributed by atoms with Crippen LogP contribution in [0.3, 0.4) is 0 Å². The van der Waals surface area contributed by atoms with Gasteiger partial charge in [-0.25, -0.2) is 0 Å². The zero-order chi connectivity index (χ0) is 20.5. The van der Waals surface area contributed by atoms with E-state index in [2.05, 4.69) is 23.5 Å². The van der Waals surface area contributed by atoms with Crippen LogP contribution in [0.5, 0.6) is 11.5 Å². The summed E-state index contributed by atoms with van der Waals surface area (Å²) in [5.41, 5.74) is 2.78. The Hall–Kier alpha value is -2.05. The van der Waals surface area contributed by atoms with Crippen molar-refractivity contribution in [1.82, 2.24) is 5.32 Å². The molecule has 1 aromatic rings. The van der Waals surface area contributed by atoms with Gasteiger partial charge in [0, 0.05) is 12.1 Å². The SMILES string of the molecule is COc1ccc(C[NH+]2CC[NH+](CC(=O)NCCC3=CCCCC3)CC2)cc1OC. The third-order valence-corrected chi connectivity index (χ3v) is 6.13. The molecule has 1 amide bonds. The quantitative estimate of drug-likeness (QED) is 0.509. The summed E-state index contributed by atoms with van der Waals surface area (Å²) in [6.07, 6.45) is 8.43. The van der Waals surface area contributed by atoms with Crippen LogP contribution in [-0.4, -0.2) is 59.4 Å². The van der Waals surface area contributed by atoms with E-state index in [1.165, 1.54) is 41.7 Å². The molecule has 3 N–H and O–H groups in total. The number of hydrogen-bond donors (Lipinski definition) is 3. The Balaban J connectivity index is 1.35. The smallest absolute Gasteiger partial charge is 0.275 e. The maximum absolute atomic E-state index is 12.3. The molecule has 0 bridgehead atoms. The van der Waals surface area contributed by atoms with Crippen LogP contribution in [-0.2, 0) is 11.3 Å². The van der Waals surface area contributed by atoms with Gasteiger partial charge in [0.05, 0.1) is 14.2 Å². The Morgan fingerprint density at radius 2 is 1.79 bits per heavy atom. The van der Waals surface area contributed by atoms with Gasteiger partial charge in [-0.2, -0.15) is 0 Å². The summed E-state index contributed by atoms with van der Waals surface area (Å²) in [6.45, 7) is 6.63. The van der Waals surface area contributed by atoms with Crippen LogP contribution in [0.2, 0.25) is 0 Å². The molecule has 6 nitrogen and oxygen atoms in total. The fourth-order valence-corrected chi connectivity index (χ4v) is 4.37. The van der Waals surface area contributed by atoms with Crippen molar-refractivity contribution in [3.05, 3.63) is 35.4 Å². The van der Waals surface area contributed by atoms with Gasteiger partial charge in [0.15, 0.2) is 18.0 Å². The molecule has 6 heteroatoms. The van der Waals surface area contributed by atoms with Crippen molar-refractivity contribution >= 4 is 5.91 Å². The number of methoxy groups -OCH3 is 2. The number of amides is 1. The lowest BCUT2D eigenvalue weighted by molar-refractivity contribution is -1.02. The van der Waals surface area contributed by atoms with E-state index in [0.717, 1.165) is 57.2 Å². The van der Waals surface area contributed by atoms with Gasteiger partial charge in [0.25, 0.3) is 5.91 Å². The molecule has 1 fully saturated rings. The molecule has 2 aliphatic rings. The summed E-state index contributed by atoms with van der Waals surface area (Å²) in [4.78, 5) is 15.2. The standard InChI is InChI=1S/C23H35N3O3/c1-28-21-9-8-20(16-22(21)29-2)17-25-12-14-26(15-13-25)18-23(27)24-11-10-19-6-4-3-5-7-19/h6,8-9,16H,3-5,7,10-15,17-18H2,1-2H3,(H,24,27)/p+2. The molecule has 29 heavy (non-hydrogen) atoms. The van der Waals surface area contributed by atoms with Gasteiger partial charge in [-0.15, -0.1) is 0 Å². The number of piperazine rings is 1. The molecule has 160 valence electrons.